The molecule has 0 saturated carbocycles. The van der Waals surface area contributed by atoms with E-state index in [1.165, 1.54) is 122 Å². The van der Waals surface area contributed by atoms with E-state index in [4.69, 9.17) is 0 Å². The molecule has 0 amide bonds. The molecule has 8 aromatic carbocycles. The van der Waals surface area contributed by atoms with Crippen LogP contribution in [0.25, 0.3) is 91.9 Å². The van der Waals surface area contributed by atoms with Crippen molar-refractivity contribution >= 4 is 70.6 Å². The molecule has 0 radical (unpaired) electrons. The van der Waals surface area contributed by atoms with Gasteiger partial charge < -0.3 is 0 Å². The third-order valence-corrected chi connectivity index (χ3v) is 12.3. The summed E-state index contributed by atoms with van der Waals surface area (Å²) in [5.41, 5.74) is 12.6. The van der Waals surface area contributed by atoms with Crippen molar-refractivity contribution in [3.8, 4) is 32.7 Å². The predicted molar refractivity (Wildman–Crippen MR) is 215 cm³/mol. The largest absolute Gasteiger partial charge is 0.134 e. The van der Waals surface area contributed by atoms with Crippen molar-refractivity contribution in [1.82, 2.24) is 0 Å². The highest BCUT2D eigenvalue weighted by atomic mass is 32.1. The fraction of sp³-hybridized carbons (Fsp3) is 0.125. The summed E-state index contributed by atoms with van der Waals surface area (Å²) in [4.78, 5) is 1.35. The lowest BCUT2D eigenvalue weighted by atomic mass is 9.80. The molecule has 10 rings (SSSR count). The molecule has 0 unspecified atom stereocenters. The maximum atomic E-state index is 2.38. The maximum absolute atomic E-state index is 2.38. The lowest BCUT2D eigenvalue weighted by Gasteiger charge is -2.24. The third kappa shape index (κ3) is 4.22. The zero-order chi connectivity index (χ0) is 32.6. The molecular formula is C48H36S. The van der Waals surface area contributed by atoms with E-state index in [0.717, 1.165) is 6.42 Å². The van der Waals surface area contributed by atoms with Gasteiger partial charge >= 0.3 is 0 Å². The molecule has 0 fully saturated rings. The molecule has 1 heteroatoms. The molecule has 0 aliphatic heterocycles. The molecule has 0 spiro atoms. The van der Waals surface area contributed by atoms with Crippen molar-refractivity contribution in [2.24, 2.45) is 0 Å². The minimum absolute atomic E-state index is 1.16. The number of allylic oxidation sites excluding steroid dienone is 1. The van der Waals surface area contributed by atoms with E-state index >= 15 is 0 Å². The van der Waals surface area contributed by atoms with Gasteiger partial charge in [-0.3, -0.25) is 0 Å². The molecule has 1 aromatic heterocycles. The van der Waals surface area contributed by atoms with Crippen LogP contribution in [0.2, 0.25) is 0 Å². The topological polar surface area (TPSA) is 0 Å². The number of fused-ring (bicyclic) bond motifs is 3. The van der Waals surface area contributed by atoms with Gasteiger partial charge in [-0.1, -0.05) is 127 Å². The van der Waals surface area contributed by atoms with E-state index in [1.807, 2.05) is 11.3 Å². The zero-order valence-corrected chi connectivity index (χ0v) is 28.8. The zero-order valence-electron chi connectivity index (χ0n) is 27.9. The second kappa shape index (κ2) is 11.2. The van der Waals surface area contributed by atoms with Crippen molar-refractivity contribution in [2.45, 2.75) is 39.5 Å². The van der Waals surface area contributed by atoms with Crippen LogP contribution in [0.15, 0.2) is 127 Å². The lowest BCUT2D eigenvalue weighted by Crippen LogP contribution is -2.05. The molecule has 9 aromatic rings. The highest BCUT2D eigenvalue weighted by Crippen LogP contribution is 2.53. The highest BCUT2D eigenvalue weighted by Gasteiger charge is 2.26. The van der Waals surface area contributed by atoms with Crippen molar-refractivity contribution in [2.75, 3.05) is 0 Å². The smallest absolute Gasteiger partial charge is 0.0446 e. The number of hydrogen-bond donors (Lipinski definition) is 0. The van der Waals surface area contributed by atoms with Gasteiger partial charge in [0.15, 0.2) is 0 Å². The lowest BCUT2D eigenvalue weighted by molar-refractivity contribution is 0.687. The monoisotopic (exact) mass is 644 g/mol. The predicted octanol–water partition coefficient (Wildman–Crippen LogP) is 14.2. The van der Waals surface area contributed by atoms with Gasteiger partial charge in [-0.15, -0.1) is 11.3 Å². The molecule has 1 aliphatic rings. The summed E-state index contributed by atoms with van der Waals surface area (Å²) in [5, 5.41) is 12.0. The van der Waals surface area contributed by atoms with Crippen molar-refractivity contribution < 1.29 is 0 Å². The van der Waals surface area contributed by atoms with Crippen molar-refractivity contribution in [1.29, 1.82) is 0 Å². The van der Waals surface area contributed by atoms with Crippen LogP contribution in [-0.2, 0) is 12.8 Å². The summed E-state index contributed by atoms with van der Waals surface area (Å²) in [7, 11) is 0. The number of rotatable bonds is 4. The van der Waals surface area contributed by atoms with Gasteiger partial charge in [-0.05, 0) is 128 Å². The molecule has 0 atom stereocenters. The molecule has 49 heavy (non-hydrogen) atoms. The van der Waals surface area contributed by atoms with Gasteiger partial charge in [0.05, 0.1) is 0 Å². The molecule has 1 aliphatic carbocycles. The van der Waals surface area contributed by atoms with E-state index in [-0.39, 0.29) is 0 Å². The van der Waals surface area contributed by atoms with Crippen LogP contribution in [0.3, 0.4) is 0 Å². The number of aryl methyl sites for hydroxylation is 1. The van der Waals surface area contributed by atoms with Crippen LogP contribution in [0, 0.1) is 6.92 Å². The summed E-state index contributed by atoms with van der Waals surface area (Å²) in [6.45, 7) is 4.53. The average Bonchev–Trinajstić information content (AvgIpc) is 3.53. The number of benzene rings is 8. The van der Waals surface area contributed by atoms with Crippen LogP contribution in [-0.4, -0.2) is 0 Å². The summed E-state index contributed by atoms with van der Waals surface area (Å²) in [6, 6.07) is 45.9. The van der Waals surface area contributed by atoms with Gasteiger partial charge in [0.2, 0.25) is 0 Å². The quantitative estimate of drug-likeness (QED) is 0.167. The fourth-order valence-electron chi connectivity index (χ4n) is 9.01. The Hall–Kier alpha value is -5.24. The second-order valence-electron chi connectivity index (χ2n) is 13.8. The maximum Gasteiger partial charge on any atom is 0.0446 e. The molecule has 234 valence electrons. The Balaban J connectivity index is 1.34. The Morgan fingerprint density at radius 3 is 2.02 bits per heavy atom. The first-order valence-electron chi connectivity index (χ1n) is 17.7. The minimum Gasteiger partial charge on any atom is -0.134 e. The minimum atomic E-state index is 1.16. The Bertz CT molecular complexity index is 2770. The summed E-state index contributed by atoms with van der Waals surface area (Å²) in [6.07, 6.45) is 9.50. The van der Waals surface area contributed by atoms with Gasteiger partial charge in [-0.25, -0.2) is 0 Å². The first kappa shape index (κ1) is 28.7. The molecular weight excluding hydrogens is 609 g/mol. The van der Waals surface area contributed by atoms with Crippen LogP contribution < -0.4 is 0 Å². The molecule has 0 saturated heterocycles. The standard InChI is InChI=1S/C48H36S/c1-3-12-34-29(2)43(36-21-11-14-30-13-4-5-17-35(30)36)37-18-6-7-19-38(37)46(34)48-47(41-20-8-9-22-42(41)49-48)40-28-26-33-24-23-31-15-10-16-32-25-27-39(40)45(33)44(31)32/h3,6-12,14-16,18-28H,4-5,13,17H2,1-2H3/b12-3-. The first-order valence-corrected chi connectivity index (χ1v) is 18.5. The number of hydrogen-bond acceptors (Lipinski definition) is 1. The SMILES string of the molecule is C/C=C\c1c(C)c(-c2cccc3c2CCCC3)c2ccccc2c1-c1sc2ccccc2c1-c1ccc2ccc3cccc4ccc1c2c34. The van der Waals surface area contributed by atoms with E-state index in [2.05, 4.69) is 147 Å². The summed E-state index contributed by atoms with van der Waals surface area (Å²) >= 11 is 1.95. The van der Waals surface area contributed by atoms with E-state index < -0.39 is 0 Å². The van der Waals surface area contributed by atoms with Crippen molar-refractivity contribution in [3.63, 3.8) is 0 Å². The average molecular weight is 645 g/mol. The van der Waals surface area contributed by atoms with Gasteiger partial charge in [0.1, 0.15) is 0 Å². The molecule has 1 heterocycles. The van der Waals surface area contributed by atoms with Crippen LogP contribution >= 0.6 is 11.3 Å². The summed E-state index contributed by atoms with van der Waals surface area (Å²) < 4.78 is 1.33. The van der Waals surface area contributed by atoms with Crippen LogP contribution in [0.4, 0.5) is 0 Å². The van der Waals surface area contributed by atoms with Gasteiger partial charge in [-0.2, -0.15) is 0 Å². The van der Waals surface area contributed by atoms with E-state index in [9.17, 15) is 0 Å². The Labute approximate surface area is 291 Å². The molecule has 0 bridgehead atoms. The van der Waals surface area contributed by atoms with Crippen molar-refractivity contribution in [3.05, 3.63) is 150 Å². The fourth-order valence-corrected chi connectivity index (χ4v) is 10.3. The Kier molecular flexibility index (Phi) is 6.54. The van der Waals surface area contributed by atoms with Gasteiger partial charge in [0.25, 0.3) is 0 Å². The molecule has 0 N–H and O–H groups in total. The molecule has 0 nitrogen and oxygen atoms in total. The summed E-state index contributed by atoms with van der Waals surface area (Å²) in [5.74, 6) is 0. The number of thiophene rings is 1. The third-order valence-electron chi connectivity index (χ3n) is 11.1. The Morgan fingerprint density at radius 2 is 1.20 bits per heavy atom. The van der Waals surface area contributed by atoms with E-state index in [1.54, 1.807) is 5.56 Å². The first-order chi connectivity index (χ1) is 24.2. The normalized spacial score (nSPS) is 13.5. The van der Waals surface area contributed by atoms with E-state index in [0.29, 0.717) is 0 Å². The van der Waals surface area contributed by atoms with Crippen LogP contribution in [0.1, 0.15) is 42.0 Å². The highest BCUT2D eigenvalue weighted by molar-refractivity contribution is 7.23. The van der Waals surface area contributed by atoms with Gasteiger partial charge in [0, 0.05) is 26.1 Å². The van der Waals surface area contributed by atoms with Crippen LogP contribution in [0.5, 0.6) is 0 Å². The second-order valence-corrected chi connectivity index (χ2v) is 14.8. The Morgan fingerprint density at radius 1 is 0.531 bits per heavy atom.